The van der Waals surface area contributed by atoms with E-state index in [4.69, 9.17) is 5.11 Å². The summed E-state index contributed by atoms with van der Waals surface area (Å²) in [6, 6.07) is 0. The summed E-state index contributed by atoms with van der Waals surface area (Å²) < 4.78 is 12.7. The van der Waals surface area contributed by atoms with Gasteiger partial charge in [0.25, 0.3) is 0 Å². The van der Waals surface area contributed by atoms with Gasteiger partial charge in [-0.25, -0.2) is 0 Å². The highest BCUT2D eigenvalue weighted by molar-refractivity contribution is 5.28. The van der Waals surface area contributed by atoms with Gasteiger partial charge in [-0.2, -0.15) is 4.39 Å². The molecule has 1 atom stereocenters. The van der Waals surface area contributed by atoms with Gasteiger partial charge >= 0.3 is 0 Å². The van der Waals surface area contributed by atoms with Gasteiger partial charge in [-0.15, -0.1) is 0 Å². The SMILES string of the molecule is CC(O)C1=C(F)NCC=C1. The first-order chi connectivity index (χ1) is 4.72. The zero-order valence-corrected chi connectivity index (χ0v) is 5.76. The lowest BCUT2D eigenvalue weighted by molar-refractivity contribution is 0.229. The predicted octanol–water partition coefficient (Wildman–Crippen LogP) is 0.708. The van der Waals surface area contributed by atoms with E-state index in [0.29, 0.717) is 12.1 Å². The minimum absolute atomic E-state index is 0.325. The Morgan fingerprint density at radius 2 is 2.50 bits per heavy atom. The zero-order valence-electron chi connectivity index (χ0n) is 5.76. The van der Waals surface area contributed by atoms with Crippen molar-refractivity contribution in [3.8, 4) is 0 Å². The van der Waals surface area contributed by atoms with Crippen molar-refractivity contribution in [2.45, 2.75) is 13.0 Å². The van der Waals surface area contributed by atoms with Gasteiger partial charge < -0.3 is 10.4 Å². The van der Waals surface area contributed by atoms with E-state index >= 15 is 0 Å². The first-order valence-electron chi connectivity index (χ1n) is 3.20. The lowest BCUT2D eigenvalue weighted by atomic mass is 10.1. The van der Waals surface area contributed by atoms with E-state index in [0.717, 1.165) is 0 Å². The summed E-state index contributed by atoms with van der Waals surface area (Å²) in [7, 11) is 0. The highest BCUT2D eigenvalue weighted by Gasteiger charge is 2.10. The zero-order chi connectivity index (χ0) is 7.56. The molecule has 0 amide bonds. The minimum atomic E-state index is -0.732. The molecule has 0 saturated heterocycles. The van der Waals surface area contributed by atoms with Crippen LogP contribution >= 0.6 is 0 Å². The lowest BCUT2D eigenvalue weighted by Crippen LogP contribution is -2.19. The molecule has 0 spiro atoms. The van der Waals surface area contributed by atoms with Gasteiger partial charge in [0, 0.05) is 12.1 Å². The molecule has 1 unspecified atom stereocenters. The van der Waals surface area contributed by atoms with Crippen LogP contribution in [0, 0.1) is 0 Å². The average molecular weight is 143 g/mol. The Bertz CT molecular complexity index is 184. The Labute approximate surface area is 59.1 Å². The second-order valence-electron chi connectivity index (χ2n) is 2.23. The van der Waals surface area contributed by atoms with E-state index in [9.17, 15) is 4.39 Å². The standard InChI is InChI=1S/C7H10FNO/c1-5(10)6-3-2-4-9-7(6)8/h2-3,5,9-10H,4H2,1H3. The fourth-order valence-corrected chi connectivity index (χ4v) is 0.832. The molecule has 0 aromatic heterocycles. The summed E-state index contributed by atoms with van der Waals surface area (Å²) >= 11 is 0. The van der Waals surface area contributed by atoms with Crippen LogP contribution in [0.25, 0.3) is 0 Å². The van der Waals surface area contributed by atoms with Crippen LogP contribution in [0.3, 0.4) is 0 Å². The smallest absolute Gasteiger partial charge is 0.193 e. The molecule has 0 aromatic carbocycles. The van der Waals surface area contributed by atoms with Crippen LogP contribution < -0.4 is 5.32 Å². The Balaban J connectivity index is 2.79. The van der Waals surface area contributed by atoms with Crippen molar-refractivity contribution in [1.82, 2.24) is 5.32 Å². The van der Waals surface area contributed by atoms with Crippen LogP contribution in [0.4, 0.5) is 4.39 Å². The summed E-state index contributed by atoms with van der Waals surface area (Å²) in [6.45, 7) is 2.04. The normalized spacial score (nSPS) is 20.7. The second kappa shape index (κ2) is 2.84. The molecule has 0 radical (unpaired) electrons. The van der Waals surface area contributed by atoms with Crippen molar-refractivity contribution in [1.29, 1.82) is 0 Å². The van der Waals surface area contributed by atoms with Crippen molar-refractivity contribution < 1.29 is 9.50 Å². The number of aliphatic hydroxyl groups excluding tert-OH is 1. The second-order valence-corrected chi connectivity index (χ2v) is 2.23. The minimum Gasteiger partial charge on any atom is -0.389 e. The first-order valence-corrected chi connectivity index (χ1v) is 3.20. The maximum absolute atomic E-state index is 12.7. The molecule has 0 fully saturated rings. The largest absolute Gasteiger partial charge is 0.389 e. The molecule has 0 bridgehead atoms. The van der Waals surface area contributed by atoms with Gasteiger partial charge in [0.2, 0.25) is 0 Å². The van der Waals surface area contributed by atoms with Crippen LogP contribution in [-0.2, 0) is 0 Å². The van der Waals surface area contributed by atoms with E-state index in [1.165, 1.54) is 6.92 Å². The highest BCUT2D eigenvalue weighted by atomic mass is 19.1. The molecule has 10 heavy (non-hydrogen) atoms. The van der Waals surface area contributed by atoms with E-state index in [-0.39, 0.29) is 0 Å². The molecule has 1 aliphatic rings. The van der Waals surface area contributed by atoms with Crippen LogP contribution in [0.2, 0.25) is 0 Å². The predicted molar refractivity (Wildman–Crippen MR) is 37.0 cm³/mol. The van der Waals surface area contributed by atoms with E-state index in [2.05, 4.69) is 5.32 Å². The van der Waals surface area contributed by atoms with Gasteiger partial charge in [-0.3, -0.25) is 0 Å². The fourth-order valence-electron chi connectivity index (χ4n) is 0.832. The fraction of sp³-hybridized carbons (Fsp3) is 0.429. The van der Waals surface area contributed by atoms with E-state index in [1.807, 2.05) is 0 Å². The summed E-state index contributed by atoms with van der Waals surface area (Å²) in [5, 5.41) is 11.4. The molecule has 1 heterocycles. The number of hydrogen-bond donors (Lipinski definition) is 2. The Morgan fingerprint density at radius 3 is 2.90 bits per heavy atom. The topological polar surface area (TPSA) is 32.3 Å². The van der Waals surface area contributed by atoms with Crippen LogP contribution in [0.15, 0.2) is 23.7 Å². The number of halogens is 1. The van der Waals surface area contributed by atoms with Gasteiger partial charge in [-0.1, -0.05) is 12.2 Å². The van der Waals surface area contributed by atoms with Crippen molar-refractivity contribution in [3.05, 3.63) is 23.7 Å². The number of aliphatic hydroxyl groups is 1. The maximum Gasteiger partial charge on any atom is 0.193 e. The molecular formula is C7H10FNO. The average Bonchev–Trinajstić information content (AvgIpc) is 1.88. The highest BCUT2D eigenvalue weighted by Crippen LogP contribution is 2.12. The Kier molecular flexibility index (Phi) is 2.06. The third-order valence-corrected chi connectivity index (χ3v) is 1.38. The molecule has 0 aromatic rings. The first kappa shape index (κ1) is 7.28. The summed E-state index contributed by atoms with van der Waals surface area (Å²) in [5.41, 5.74) is 0.325. The molecule has 0 aliphatic carbocycles. The number of hydrogen-bond acceptors (Lipinski definition) is 2. The van der Waals surface area contributed by atoms with Crippen LogP contribution in [0.1, 0.15) is 6.92 Å². The maximum atomic E-state index is 12.7. The van der Waals surface area contributed by atoms with Gasteiger partial charge in [-0.05, 0) is 6.92 Å². The molecule has 2 N–H and O–H groups in total. The molecule has 2 nitrogen and oxygen atoms in total. The van der Waals surface area contributed by atoms with Crippen molar-refractivity contribution >= 4 is 0 Å². The van der Waals surface area contributed by atoms with Gasteiger partial charge in [0.1, 0.15) is 0 Å². The van der Waals surface area contributed by atoms with E-state index in [1.54, 1.807) is 12.2 Å². The lowest BCUT2D eigenvalue weighted by Gasteiger charge is -2.12. The van der Waals surface area contributed by atoms with Crippen molar-refractivity contribution in [2.75, 3.05) is 6.54 Å². The summed E-state index contributed by atoms with van der Waals surface area (Å²) in [5.74, 6) is -0.419. The Morgan fingerprint density at radius 1 is 1.80 bits per heavy atom. The number of dihydropyridines is 1. The summed E-state index contributed by atoms with van der Waals surface area (Å²) in [6.07, 6.45) is 2.63. The third kappa shape index (κ3) is 1.36. The third-order valence-electron chi connectivity index (χ3n) is 1.38. The molecular weight excluding hydrogens is 133 g/mol. The van der Waals surface area contributed by atoms with E-state index < -0.39 is 12.1 Å². The van der Waals surface area contributed by atoms with Crippen LogP contribution in [-0.4, -0.2) is 17.8 Å². The molecule has 1 aliphatic heterocycles. The molecule has 0 saturated carbocycles. The molecule has 1 rings (SSSR count). The molecule has 3 heteroatoms. The van der Waals surface area contributed by atoms with Gasteiger partial charge in [0.05, 0.1) is 6.10 Å². The number of nitrogens with one attached hydrogen (secondary N) is 1. The Hall–Kier alpha value is -0.830. The summed E-state index contributed by atoms with van der Waals surface area (Å²) in [4.78, 5) is 0. The number of rotatable bonds is 1. The van der Waals surface area contributed by atoms with Crippen molar-refractivity contribution in [2.24, 2.45) is 0 Å². The van der Waals surface area contributed by atoms with Crippen molar-refractivity contribution in [3.63, 3.8) is 0 Å². The monoisotopic (exact) mass is 143 g/mol. The molecule has 56 valence electrons. The quantitative estimate of drug-likeness (QED) is 0.530. The van der Waals surface area contributed by atoms with Gasteiger partial charge in [0.15, 0.2) is 5.95 Å². The van der Waals surface area contributed by atoms with Crippen LogP contribution in [0.5, 0.6) is 0 Å².